The van der Waals surface area contributed by atoms with Crippen LogP contribution >= 0.6 is 0 Å². The van der Waals surface area contributed by atoms with Crippen LogP contribution in [0, 0.1) is 0 Å². The van der Waals surface area contributed by atoms with E-state index in [4.69, 9.17) is 0 Å². The molecule has 0 aliphatic carbocycles. The van der Waals surface area contributed by atoms with Crippen molar-refractivity contribution in [2.75, 3.05) is 0 Å². The number of hydrogen-bond acceptors (Lipinski definition) is 0. The van der Waals surface area contributed by atoms with Crippen LogP contribution < -0.4 is 9.81 Å². The van der Waals surface area contributed by atoms with Crippen LogP contribution in [-0.2, 0) is 0 Å². The van der Waals surface area contributed by atoms with Gasteiger partial charge in [-0.1, -0.05) is 0 Å². The summed E-state index contributed by atoms with van der Waals surface area (Å²) in [5, 5.41) is 0. The van der Waals surface area contributed by atoms with E-state index in [0.29, 0.717) is 17.8 Å². The quantitative estimate of drug-likeness (QED) is 0.343. The molecule has 0 nitrogen and oxygen atoms in total. The van der Waals surface area contributed by atoms with Gasteiger partial charge in [-0.25, -0.2) is 0 Å². The summed E-state index contributed by atoms with van der Waals surface area (Å²) in [4.78, 5) is 0. The maximum absolute atomic E-state index is 2.40. The minimum atomic E-state index is -2.27. The summed E-state index contributed by atoms with van der Waals surface area (Å²) in [5.41, 5.74) is 4.29. The van der Waals surface area contributed by atoms with Crippen LogP contribution in [0.1, 0.15) is 76.0 Å². The van der Waals surface area contributed by atoms with Crippen molar-refractivity contribution in [1.82, 2.24) is 0 Å². The van der Waals surface area contributed by atoms with E-state index in [1.165, 1.54) is 16.7 Å². The molecule has 3 aromatic rings. The van der Waals surface area contributed by atoms with Crippen molar-refractivity contribution in [3.63, 3.8) is 0 Å². The molecule has 0 saturated heterocycles. The third-order valence-electron chi connectivity index (χ3n) is 5.45. The SMILES string of the molecule is CC(C)c1cc[c]([Bi]([c]2ccc(C(C)C)cc2)[c]2ccc(C(C)C)cc2)cc1. The van der Waals surface area contributed by atoms with Crippen LogP contribution in [0.5, 0.6) is 0 Å². The van der Waals surface area contributed by atoms with Crippen molar-refractivity contribution in [2.24, 2.45) is 0 Å². The molecule has 0 aliphatic heterocycles. The zero-order valence-electron chi connectivity index (χ0n) is 18.1. The zero-order chi connectivity index (χ0) is 20.3. The van der Waals surface area contributed by atoms with Crippen molar-refractivity contribution in [2.45, 2.75) is 59.3 Å². The first-order valence-corrected chi connectivity index (χ1v) is 15.7. The normalized spacial score (nSPS) is 11.8. The Hall–Kier alpha value is -1.46. The van der Waals surface area contributed by atoms with Crippen LogP contribution in [0.25, 0.3) is 0 Å². The molecular formula is C27H33Bi. The standard InChI is InChI=1S/3C9H11.Bi/c3*1-8(2)9-6-4-3-5-7-9;/h3*4-8H,1-2H3;. The number of hydrogen-bond donors (Lipinski definition) is 0. The van der Waals surface area contributed by atoms with Gasteiger partial charge in [-0.15, -0.1) is 0 Å². The number of benzene rings is 3. The van der Waals surface area contributed by atoms with Crippen LogP contribution in [0.15, 0.2) is 72.8 Å². The summed E-state index contributed by atoms with van der Waals surface area (Å²) in [7, 11) is 0. The van der Waals surface area contributed by atoms with Gasteiger partial charge in [-0.3, -0.25) is 0 Å². The van der Waals surface area contributed by atoms with Gasteiger partial charge < -0.3 is 0 Å². The molecule has 0 bridgehead atoms. The molecule has 0 aromatic heterocycles. The van der Waals surface area contributed by atoms with Gasteiger partial charge in [0.2, 0.25) is 0 Å². The monoisotopic (exact) mass is 566 g/mol. The predicted molar refractivity (Wildman–Crippen MR) is 126 cm³/mol. The molecule has 0 N–H and O–H groups in total. The molecule has 0 spiro atoms. The Kier molecular flexibility index (Phi) is 7.11. The van der Waals surface area contributed by atoms with Gasteiger partial charge in [-0.05, 0) is 0 Å². The van der Waals surface area contributed by atoms with Gasteiger partial charge in [0.1, 0.15) is 0 Å². The fraction of sp³-hybridized carbons (Fsp3) is 0.333. The van der Waals surface area contributed by atoms with E-state index in [2.05, 4.69) is 114 Å². The first-order chi connectivity index (χ1) is 13.4. The first kappa shape index (κ1) is 21.3. The third-order valence-corrected chi connectivity index (χ3v) is 15.0. The summed E-state index contributed by atoms with van der Waals surface area (Å²) in [5.74, 6) is 1.74. The predicted octanol–water partition coefficient (Wildman–Crippen LogP) is 5.57. The fourth-order valence-electron chi connectivity index (χ4n) is 3.47. The Morgan fingerprint density at radius 2 is 0.607 bits per heavy atom. The van der Waals surface area contributed by atoms with E-state index in [-0.39, 0.29) is 0 Å². The van der Waals surface area contributed by atoms with Gasteiger partial charge in [0.05, 0.1) is 0 Å². The van der Waals surface area contributed by atoms with Gasteiger partial charge in [0.15, 0.2) is 0 Å². The van der Waals surface area contributed by atoms with Gasteiger partial charge in [0, 0.05) is 0 Å². The Morgan fingerprint density at radius 1 is 0.393 bits per heavy atom. The second-order valence-electron chi connectivity index (χ2n) is 8.57. The minimum absolute atomic E-state index is 0.581. The summed E-state index contributed by atoms with van der Waals surface area (Å²) >= 11 is -2.27. The second-order valence-corrected chi connectivity index (χ2v) is 17.2. The van der Waals surface area contributed by atoms with Gasteiger partial charge >= 0.3 is 180 Å². The molecule has 3 rings (SSSR count). The molecule has 0 amide bonds. The van der Waals surface area contributed by atoms with E-state index in [1.807, 2.05) is 0 Å². The third kappa shape index (κ3) is 4.93. The molecule has 146 valence electrons. The van der Waals surface area contributed by atoms with Crippen molar-refractivity contribution >= 4 is 31.6 Å². The Labute approximate surface area is 179 Å². The van der Waals surface area contributed by atoms with E-state index in [1.54, 1.807) is 9.81 Å². The van der Waals surface area contributed by atoms with Crippen molar-refractivity contribution in [3.05, 3.63) is 89.5 Å². The first-order valence-electron chi connectivity index (χ1n) is 10.5. The van der Waals surface area contributed by atoms with Crippen molar-refractivity contribution in [3.8, 4) is 0 Å². The average Bonchev–Trinajstić information content (AvgIpc) is 2.69. The van der Waals surface area contributed by atoms with Crippen LogP contribution in [-0.4, -0.2) is 21.8 Å². The van der Waals surface area contributed by atoms with Gasteiger partial charge in [-0.2, -0.15) is 0 Å². The second kappa shape index (κ2) is 9.36. The summed E-state index contributed by atoms with van der Waals surface area (Å²) < 4.78 is 4.69. The van der Waals surface area contributed by atoms with E-state index in [9.17, 15) is 0 Å². The number of rotatable bonds is 6. The average molecular weight is 567 g/mol. The molecule has 0 heterocycles. The Balaban J connectivity index is 2.04. The Morgan fingerprint density at radius 3 is 0.786 bits per heavy atom. The molecule has 0 radical (unpaired) electrons. The van der Waals surface area contributed by atoms with Crippen molar-refractivity contribution < 1.29 is 0 Å². The fourth-order valence-corrected chi connectivity index (χ4v) is 12.2. The van der Waals surface area contributed by atoms with E-state index >= 15 is 0 Å². The van der Waals surface area contributed by atoms with Gasteiger partial charge in [0.25, 0.3) is 0 Å². The maximum atomic E-state index is 2.40. The van der Waals surface area contributed by atoms with Crippen molar-refractivity contribution in [1.29, 1.82) is 0 Å². The summed E-state index contributed by atoms with van der Waals surface area (Å²) in [6.07, 6.45) is 0. The molecule has 0 aliphatic rings. The zero-order valence-corrected chi connectivity index (χ0v) is 21.6. The van der Waals surface area contributed by atoms with E-state index < -0.39 is 21.8 Å². The van der Waals surface area contributed by atoms with E-state index in [0.717, 1.165) is 0 Å². The molecule has 0 saturated carbocycles. The van der Waals surface area contributed by atoms with Crippen LogP contribution in [0.4, 0.5) is 0 Å². The molecule has 0 fully saturated rings. The summed E-state index contributed by atoms with van der Waals surface area (Å²) in [6.45, 7) is 13.6. The van der Waals surface area contributed by atoms with Crippen LogP contribution in [0.2, 0.25) is 0 Å². The molecule has 3 aromatic carbocycles. The Bertz CT molecular complexity index is 747. The molecule has 0 atom stereocenters. The molecule has 1 heteroatoms. The molecular weight excluding hydrogens is 533 g/mol. The molecule has 28 heavy (non-hydrogen) atoms. The van der Waals surface area contributed by atoms with Crippen LogP contribution in [0.3, 0.4) is 0 Å². The molecule has 0 unspecified atom stereocenters. The topological polar surface area (TPSA) is 0 Å². The summed E-state index contributed by atoms with van der Waals surface area (Å²) in [6, 6.07) is 28.5.